The average Bonchev–Trinajstić information content (AvgIpc) is 3.04. The smallest absolute Gasteiger partial charge is 0.256 e. The lowest BCUT2D eigenvalue weighted by Gasteiger charge is -2.25. The average molecular weight is 274 g/mol. The summed E-state index contributed by atoms with van der Waals surface area (Å²) >= 11 is 0. The Morgan fingerprint density at radius 1 is 1.50 bits per heavy atom. The highest BCUT2D eigenvalue weighted by molar-refractivity contribution is 5.99. The summed E-state index contributed by atoms with van der Waals surface area (Å²) in [6, 6.07) is 6.56. The van der Waals surface area contributed by atoms with Gasteiger partial charge in [-0.1, -0.05) is 12.1 Å². The van der Waals surface area contributed by atoms with Crippen molar-refractivity contribution >= 4 is 11.6 Å². The summed E-state index contributed by atoms with van der Waals surface area (Å²) in [6.45, 7) is 3.48. The molecule has 3 rings (SSSR count). The predicted octanol–water partition coefficient (Wildman–Crippen LogP) is 1.64. The van der Waals surface area contributed by atoms with Gasteiger partial charge in [0.15, 0.2) is 0 Å². The summed E-state index contributed by atoms with van der Waals surface area (Å²) in [5, 5.41) is 0. The van der Waals surface area contributed by atoms with Gasteiger partial charge in [-0.15, -0.1) is 0 Å². The molecule has 4 heteroatoms. The van der Waals surface area contributed by atoms with Gasteiger partial charge < -0.3 is 15.4 Å². The van der Waals surface area contributed by atoms with Crippen molar-refractivity contribution in [1.82, 2.24) is 0 Å². The van der Waals surface area contributed by atoms with Crippen LogP contribution in [-0.4, -0.2) is 31.2 Å². The standard InChI is InChI=1S/C16H22N2O2/c1-11-9-13-10-12(6-7-17)4-5-14(13)18(11)16(19)15-3-2-8-20-15/h4-5,10-11,15H,2-3,6-9,17H2,1H3. The topological polar surface area (TPSA) is 55.6 Å². The van der Waals surface area contributed by atoms with Gasteiger partial charge in [-0.25, -0.2) is 0 Å². The second kappa shape index (κ2) is 5.54. The number of anilines is 1. The van der Waals surface area contributed by atoms with E-state index in [-0.39, 0.29) is 18.1 Å². The number of amides is 1. The van der Waals surface area contributed by atoms with Crippen LogP contribution in [-0.2, 0) is 22.4 Å². The van der Waals surface area contributed by atoms with Crippen LogP contribution in [0.1, 0.15) is 30.9 Å². The third kappa shape index (κ3) is 2.34. The number of ether oxygens (including phenoxy) is 1. The maximum Gasteiger partial charge on any atom is 0.256 e. The fraction of sp³-hybridized carbons (Fsp3) is 0.562. The molecule has 0 aromatic heterocycles. The Labute approximate surface area is 119 Å². The fourth-order valence-corrected chi connectivity index (χ4v) is 3.27. The van der Waals surface area contributed by atoms with E-state index in [1.54, 1.807) is 0 Å². The molecule has 1 saturated heterocycles. The molecule has 0 spiro atoms. The number of carbonyl (C=O) groups excluding carboxylic acids is 1. The molecule has 2 N–H and O–H groups in total. The van der Waals surface area contributed by atoms with E-state index in [1.165, 1.54) is 11.1 Å². The predicted molar refractivity (Wildman–Crippen MR) is 78.8 cm³/mol. The van der Waals surface area contributed by atoms with Crippen LogP contribution in [0.15, 0.2) is 18.2 Å². The van der Waals surface area contributed by atoms with E-state index >= 15 is 0 Å². The lowest BCUT2D eigenvalue weighted by molar-refractivity contribution is -0.127. The number of hydrogen-bond donors (Lipinski definition) is 1. The van der Waals surface area contributed by atoms with E-state index in [0.717, 1.165) is 31.4 Å². The molecular weight excluding hydrogens is 252 g/mol. The third-order valence-corrected chi connectivity index (χ3v) is 4.24. The van der Waals surface area contributed by atoms with Crippen LogP contribution in [0.5, 0.6) is 0 Å². The van der Waals surface area contributed by atoms with Crippen molar-refractivity contribution in [3.63, 3.8) is 0 Å². The van der Waals surface area contributed by atoms with Crippen LogP contribution in [0.4, 0.5) is 5.69 Å². The molecule has 2 heterocycles. The van der Waals surface area contributed by atoms with Gasteiger partial charge in [-0.2, -0.15) is 0 Å². The third-order valence-electron chi connectivity index (χ3n) is 4.24. The van der Waals surface area contributed by atoms with Crippen LogP contribution >= 0.6 is 0 Å². The van der Waals surface area contributed by atoms with E-state index in [4.69, 9.17) is 10.5 Å². The number of benzene rings is 1. The first kappa shape index (κ1) is 13.6. The van der Waals surface area contributed by atoms with Crippen molar-refractivity contribution in [2.75, 3.05) is 18.1 Å². The van der Waals surface area contributed by atoms with Gasteiger partial charge in [0.2, 0.25) is 0 Å². The first-order valence-electron chi connectivity index (χ1n) is 7.47. The molecule has 0 aliphatic carbocycles. The van der Waals surface area contributed by atoms with E-state index in [0.29, 0.717) is 13.2 Å². The maximum atomic E-state index is 12.6. The molecule has 2 atom stereocenters. The highest BCUT2D eigenvalue weighted by Gasteiger charge is 2.36. The summed E-state index contributed by atoms with van der Waals surface area (Å²) in [7, 11) is 0. The molecule has 0 radical (unpaired) electrons. The molecule has 20 heavy (non-hydrogen) atoms. The molecule has 2 aliphatic heterocycles. The van der Waals surface area contributed by atoms with E-state index in [1.807, 2.05) is 4.90 Å². The van der Waals surface area contributed by atoms with Gasteiger partial charge >= 0.3 is 0 Å². The summed E-state index contributed by atoms with van der Waals surface area (Å²) in [6.07, 6.45) is 3.41. The zero-order chi connectivity index (χ0) is 14.1. The van der Waals surface area contributed by atoms with Gasteiger partial charge in [0.25, 0.3) is 5.91 Å². The van der Waals surface area contributed by atoms with Crippen molar-refractivity contribution < 1.29 is 9.53 Å². The van der Waals surface area contributed by atoms with Crippen molar-refractivity contribution in [1.29, 1.82) is 0 Å². The molecular formula is C16H22N2O2. The molecule has 1 aromatic carbocycles. The van der Waals surface area contributed by atoms with Crippen molar-refractivity contribution in [2.45, 2.75) is 44.8 Å². The summed E-state index contributed by atoms with van der Waals surface area (Å²) in [5.41, 5.74) is 9.18. The number of carbonyl (C=O) groups is 1. The number of fused-ring (bicyclic) bond motifs is 1. The second-order valence-corrected chi connectivity index (χ2v) is 5.76. The van der Waals surface area contributed by atoms with Crippen LogP contribution in [0.25, 0.3) is 0 Å². The first-order valence-corrected chi connectivity index (χ1v) is 7.47. The largest absolute Gasteiger partial charge is 0.368 e. The molecule has 108 valence electrons. The van der Waals surface area contributed by atoms with E-state index in [9.17, 15) is 4.79 Å². The summed E-state index contributed by atoms with van der Waals surface area (Å²) in [5.74, 6) is 0.125. The quantitative estimate of drug-likeness (QED) is 0.911. The molecule has 4 nitrogen and oxygen atoms in total. The van der Waals surface area contributed by atoms with E-state index < -0.39 is 0 Å². The molecule has 2 unspecified atom stereocenters. The highest BCUT2D eigenvalue weighted by atomic mass is 16.5. The van der Waals surface area contributed by atoms with Gasteiger partial charge in [0, 0.05) is 18.3 Å². The molecule has 1 amide bonds. The minimum Gasteiger partial charge on any atom is -0.368 e. The number of nitrogens with zero attached hydrogens (tertiary/aromatic N) is 1. The Morgan fingerprint density at radius 3 is 3.05 bits per heavy atom. The Hall–Kier alpha value is -1.39. The maximum absolute atomic E-state index is 12.6. The normalized spacial score (nSPS) is 25.0. The van der Waals surface area contributed by atoms with Crippen molar-refractivity contribution in [3.8, 4) is 0 Å². The minimum atomic E-state index is -0.243. The fourth-order valence-electron chi connectivity index (χ4n) is 3.27. The summed E-state index contributed by atoms with van der Waals surface area (Å²) in [4.78, 5) is 14.5. The van der Waals surface area contributed by atoms with Crippen LogP contribution < -0.4 is 10.6 Å². The second-order valence-electron chi connectivity index (χ2n) is 5.76. The van der Waals surface area contributed by atoms with Gasteiger partial charge in [0.1, 0.15) is 6.10 Å². The summed E-state index contributed by atoms with van der Waals surface area (Å²) < 4.78 is 5.55. The Bertz CT molecular complexity index is 509. The van der Waals surface area contributed by atoms with Gasteiger partial charge in [-0.05, 0) is 56.3 Å². The van der Waals surface area contributed by atoms with Crippen molar-refractivity contribution in [2.24, 2.45) is 5.73 Å². The van der Waals surface area contributed by atoms with Gasteiger partial charge in [-0.3, -0.25) is 4.79 Å². The molecule has 1 fully saturated rings. The highest BCUT2D eigenvalue weighted by Crippen LogP contribution is 2.34. The Balaban J connectivity index is 1.85. The first-order chi connectivity index (χ1) is 9.70. The number of rotatable bonds is 3. The van der Waals surface area contributed by atoms with Crippen LogP contribution in [0.2, 0.25) is 0 Å². The minimum absolute atomic E-state index is 0.125. The lowest BCUT2D eigenvalue weighted by atomic mass is 10.1. The van der Waals surface area contributed by atoms with Gasteiger partial charge in [0.05, 0.1) is 0 Å². The lowest BCUT2D eigenvalue weighted by Crippen LogP contribution is -2.42. The number of nitrogens with two attached hydrogens (primary N) is 1. The Kier molecular flexibility index (Phi) is 3.76. The molecule has 0 saturated carbocycles. The molecule has 1 aromatic rings. The van der Waals surface area contributed by atoms with Crippen molar-refractivity contribution in [3.05, 3.63) is 29.3 Å². The van der Waals surface area contributed by atoms with Crippen LogP contribution in [0.3, 0.4) is 0 Å². The molecule has 2 aliphatic rings. The monoisotopic (exact) mass is 274 g/mol. The SMILES string of the molecule is CC1Cc2cc(CCN)ccc2N1C(=O)C1CCCO1. The van der Waals surface area contributed by atoms with Crippen LogP contribution in [0, 0.1) is 0 Å². The number of hydrogen-bond acceptors (Lipinski definition) is 3. The Morgan fingerprint density at radius 2 is 2.35 bits per heavy atom. The zero-order valence-corrected chi connectivity index (χ0v) is 12.0. The zero-order valence-electron chi connectivity index (χ0n) is 12.0. The molecule has 0 bridgehead atoms. The van der Waals surface area contributed by atoms with E-state index in [2.05, 4.69) is 25.1 Å².